The highest BCUT2D eigenvalue weighted by molar-refractivity contribution is 6.12. The van der Waals surface area contributed by atoms with Gasteiger partial charge < -0.3 is 4.74 Å². The Morgan fingerprint density at radius 3 is 2.71 bits per heavy atom. The Bertz CT molecular complexity index is 353. The number of methoxy groups -OCH3 is 1. The zero-order valence-corrected chi connectivity index (χ0v) is 8.79. The molecule has 0 aliphatic heterocycles. The van der Waals surface area contributed by atoms with Crippen LogP contribution in [0.5, 0.6) is 0 Å². The average Bonchev–Trinajstić information content (AvgIpc) is 2.16. The lowest BCUT2D eigenvalue weighted by atomic mass is 10.0. The van der Waals surface area contributed by atoms with Crippen LogP contribution in [-0.4, -0.2) is 12.8 Å². The highest BCUT2D eigenvalue weighted by Crippen LogP contribution is 2.14. The second-order valence-corrected chi connectivity index (χ2v) is 3.34. The van der Waals surface area contributed by atoms with Crippen molar-refractivity contribution in [3.8, 4) is 0 Å². The van der Waals surface area contributed by atoms with E-state index < -0.39 is 0 Å². The summed E-state index contributed by atoms with van der Waals surface area (Å²) in [6.45, 7) is 4.06. The topological polar surface area (TPSA) is 33.1 Å². The summed E-state index contributed by atoms with van der Waals surface area (Å²) in [5, 5.41) is 7.81. The Kier molecular flexibility index (Phi) is 3.46. The van der Waals surface area contributed by atoms with Gasteiger partial charge in [-0.2, -0.15) is 0 Å². The van der Waals surface area contributed by atoms with E-state index in [1.54, 1.807) is 13.2 Å². The molecule has 0 amide bonds. The SMILES string of the molecule is COC1=CC=C/C(=C/C=C(C)C)C1=N. The first-order chi connectivity index (χ1) is 6.65. The average molecular weight is 189 g/mol. The van der Waals surface area contributed by atoms with Crippen LogP contribution < -0.4 is 0 Å². The number of nitrogens with one attached hydrogen (secondary N) is 1. The maximum absolute atomic E-state index is 7.81. The molecule has 0 aromatic rings. The number of ether oxygens (including phenoxy) is 1. The van der Waals surface area contributed by atoms with E-state index in [0.29, 0.717) is 11.5 Å². The van der Waals surface area contributed by atoms with E-state index in [2.05, 4.69) is 0 Å². The largest absolute Gasteiger partial charge is 0.494 e. The maximum Gasteiger partial charge on any atom is 0.144 e. The van der Waals surface area contributed by atoms with Crippen molar-refractivity contribution in [2.75, 3.05) is 7.11 Å². The molecule has 2 nitrogen and oxygen atoms in total. The van der Waals surface area contributed by atoms with Crippen molar-refractivity contribution in [3.05, 3.63) is 47.3 Å². The number of hydrogen-bond donors (Lipinski definition) is 1. The summed E-state index contributed by atoms with van der Waals surface area (Å²) in [5.74, 6) is 0.612. The van der Waals surface area contributed by atoms with Crippen LogP contribution in [0.1, 0.15) is 13.8 Å². The van der Waals surface area contributed by atoms with E-state index in [4.69, 9.17) is 10.1 Å². The van der Waals surface area contributed by atoms with Crippen LogP contribution in [0.3, 0.4) is 0 Å². The van der Waals surface area contributed by atoms with Gasteiger partial charge in [-0.05, 0) is 19.9 Å². The molecule has 0 unspecified atom stereocenters. The second kappa shape index (κ2) is 4.61. The number of rotatable bonds is 2. The van der Waals surface area contributed by atoms with Crippen molar-refractivity contribution < 1.29 is 4.74 Å². The third-order valence-electron chi connectivity index (χ3n) is 1.87. The number of allylic oxidation sites excluding steroid dienone is 7. The van der Waals surface area contributed by atoms with Crippen LogP contribution in [0.2, 0.25) is 0 Å². The van der Waals surface area contributed by atoms with Crippen molar-refractivity contribution in [1.82, 2.24) is 0 Å². The number of hydrogen-bond acceptors (Lipinski definition) is 2. The minimum atomic E-state index is 0.438. The lowest BCUT2D eigenvalue weighted by molar-refractivity contribution is 0.314. The van der Waals surface area contributed by atoms with Crippen LogP contribution in [0, 0.1) is 5.41 Å². The van der Waals surface area contributed by atoms with E-state index >= 15 is 0 Å². The summed E-state index contributed by atoms with van der Waals surface area (Å²) in [6.07, 6.45) is 9.51. The predicted molar refractivity (Wildman–Crippen MR) is 59.5 cm³/mol. The van der Waals surface area contributed by atoms with Crippen molar-refractivity contribution >= 4 is 5.71 Å². The summed E-state index contributed by atoms with van der Waals surface area (Å²) < 4.78 is 5.06. The highest BCUT2D eigenvalue weighted by Gasteiger charge is 2.10. The molecule has 0 fully saturated rings. The van der Waals surface area contributed by atoms with Crippen LogP contribution in [0.15, 0.2) is 47.3 Å². The van der Waals surface area contributed by atoms with Crippen LogP contribution in [0.25, 0.3) is 0 Å². The van der Waals surface area contributed by atoms with Gasteiger partial charge in [0.2, 0.25) is 0 Å². The minimum absolute atomic E-state index is 0.438. The zero-order chi connectivity index (χ0) is 10.6. The Hall–Kier alpha value is -1.57. The predicted octanol–water partition coefficient (Wildman–Crippen LogP) is 3.00. The normalized spacial score (nSPS) is 18.1. The van der Waals surface area contributed by atoms with Crippen molar-refractivity contribution in [2.45, 2.75) is 13.8 Å². The molecule has 1 rings (SSSR count). The van der Waals surface area contributed by atoms with Gasteiger partial charge in [-0.1, -0.05) is 29.9 Å². The Balaban J connectivity index is 2.91. The molecular formula is C12H15NO. The lowest BCUT2D eigenvalue weighted by Gasteiger charge is -2.11. The van der Waals surface area contributed by atoms with Crippen LogP contribution in [-0.2, 0) is 4.74 Å². The summed E-state index contributed by atoms with van der Waals surface area (Å²) >= 11 is 0. The quantitative estimate of drug-likeness (QED) is 0.711. The van der Waals surface area contributed by atoms with E-state index in [9.17, 15) is 0 Å². The fourth-order valence-electron chi connectivity index (χ4n) is 1.11. The molecule has 0 aromatic carbocycles. The van der Waals surface area contributed by atoms with Crippen molar-refractivity contribution in [1.29, 1.82) is 5.41 Å². The standard InChI is InChI=1S/C12H15NO/c1-9(2)7-8-10-5-4-6-11(14-3)12(10)13/h4-8,13H,1-3H3/b10-8-,13-12?. The molecule has 0 bridgehead atoms. The van der Waals surface area contributed by atoms with Crippen LogP contribution in [0.4, 0.5) is 0 Å². The monoisotopic (exact) mass is 189 g/mol. The smallest absolute Gasteiger partial charge is 0.144 e. The molecular weight excluding hydrogens is 174 g/mol. The summed E-state index contributed by atoms with van der Waals surface area (Å²) in [7, 11) is 1.58. The van der Waals surface area contributed by atoms with Crippen LogP contribution >= 0.6 is 0 Å². The highest BCUT2D eigenvalue weighted by atomic mass is 16.5. The molecule has 0 heterocycles. The van der Waals surface area contributed by atoms with Gasteiger partial charge in [0, 0.05) is 5.57 Å². The molecule has 1 aliphatic carbocycles. The molecule has 0 aromatic heterocycles. The summed E-state index contributed by atoms with van der Waals surface area (Å²) in [5.41, 5.74) is 2.53. The molecule has 2 heteroatoms. The molecule has 0 radical (unpaired) electrons. The van der Waals surface area contributed by atoms with Gasteiger partial charge in [-0.15, -0.1) is 0 Å². The van der Waals surface area contributed by atoms with Gasteiger partial charge in [-0.25, -0.2) is 0 Å². The van der Waals surface area contributed by atoms with Gasteiger partial charge in [0.1, 0.15) is 11.5 Å². The molecule has 1 aliphatic rings. The lowest BCUT2D eigenvalue weighted by Crippen LogP contribution is -2.08. The van der Waals surface area contributed by atoms with Crippen molar-refractivity contribution in [3.63, 3.8) is 0 Å². The molecule has 0 saturated carbocycles. The zero-order valence-electron chi connectivity index (χ0n) is 8.79. The first-order valence-corrected chi connectivity index (χ1v) is 4.52. The van der Waals surface area contributed by atoms with Gasteiger partial charge in [0.15, 0.2) is 0 Å². The van der Waals surface area contributed by atoms with Gasteiger partial charge in [0.05, 0.1) is 7.11 Å². The van der Waals surface area contributed by atoms with Gasteiger partial charge in [-0.3, -0.25) is 5.41 Å². The van der Waals surface area contributed by atoms with Crippen molar-refractivity contribution in [2.24, 2.45) is 0 Å². The molecule has 0 spiro atoms. The third kappa shape index (κ3) is 2.46. The molecule has 1 N–H and O–H groups in total. The molecule has 0 saturated heterocycles. The Morgan fingerprint density at radius 2 is 2.14 bits per heavy atom. The van der Waals surface area contributed by atoms with E-state index in [1.165, 1.54) is 5.57 Å². The summed E-state index contributed by atoms with van der Waals surface area (Å²) in [4.78, 5) is 0. The summed E-state index contributed by atoms with van der Waals surface area (Å²) in [6, 6.07) is 0. The second-order valence-electron chi connectivity index (χ2n) is 3.34. The van der Waals surface area contributed by atoms with E-state index in [0.717, 1.165) is 5.57 Å². The van der Waals surface area contributed by atoms with Gasteiger partial charge >= 0.3 is 0 Å². The fourth-order valence-corrected chi connectivity index (χ4v) is 1.11. The molecule has 14 heavy (non-hydrogen) atoms. The fraction of sp³-hybridized carbons (Fsp3) is 0.250. The van der Waals surface area contributed by atoms with Gasteiger partial charge in [0.25, 0.3) is 0 Å². The maximum atomic E-state index is 7.81. The van der Waals surface area contributed by atoms with E-state index in [-0.39, 0.29) is 0 Å². The Morgan fingerprint density at radius 1 is 1.43 bits per heavy atom. The minimum Gasteiger partial charge on any atom is -0.494 e. The molecule has 0 atom stereocenters. The third-order valence-corrected chi connectivity index (χ3v) is 1.87. The first kappa shape index (κ1) is 10.5. The molecule has 74 valence electrons. The Labute approximate surface area is 84.8 Å². The first-order valence-electron chi connectivity index (χ1n) is 4.52. The van der Waals surface area contributed by atoms with E-state index in [1.807, 2.05) is 38.2 Å².